The second kappa shape index (κ2) is 9.21. The van der Waals surface area contributed by atoms with Crippen molar-refractivity contribution in [3.8, 4) is 0 Å². The molecule has 2 nitrogen and oxygen atoms in total. The van der Waals surface area contributed by atoms with Crippen LogP contribution in [-0.2, 0) is 17.6 Å². The quantitative estimate of drug-likeness (QED) is 0.411. The fraction of sp³-hybridized carbons (Fsp3) is 0.345. The number of fused-ring (bicyclic) bond motifs is 2. The predicted molar refractivity (Wildman–Crippen MR) is 138 cm³/mol. The Balaban J connectivity index is 1.57. The predicted octanol–water partition coefficient (Wildman–Crippen LogP) is 6.65. The number of allylic oxidation sites excluding steroid dienone is 2. The molecule has 1 fully saturated rings. The molecule has 2 heterocycles. The molecule has 1 aliphatic carbocycles. The molecule has 0 atom stereocenters. The normalized spacial score (nSPS) is 16.5. The maximum atomic E-state index is 5.51. The molecule has 2 aromatic carbocycles. The van der Waals surface area contributed by atoms with Crippen molar-refractivity contribution in [2.75, 3.05) is 32.8 Å². The van der Waals surface area contributed by atoms with Crippen LogP contribution < -0.4 is 0 Å². The number of rotatable bonds is 5. The van der Waals surface area contributed by atoms with Crippen molar-refractivity contribution >= 4 is 32.6 Å². The third-order valence-corrected chi connectivity index (χ3v) is 7.91. The lowest BCUT2D eigenvalue weighted by Crippen LogP contribution is -2.37. The Kier molecular flexibility index (Phi) is 6.17. The third-order valence-electron chi connectivity index (χ3n) is 6.92. The molecule has 2 aliphatic rings. The third kappa shape index (κ3) is 3.91. The van der Waals surface area contributed by atoms with E-state index in [9.17, 15) is 0 Å². The summed E-state index contributed by atoms with van der Waals surface area (Å²) in [6.07, 6.45) is 5.68. The highest BCUT2D eigenvalue weighted by atomic mass is 32.1. The minimum atomic E-state index is 0.856. The molecular weight excluding hydrogens is 410 g/mol. The summed E-state index contributed by atoms with van der Waals surface area (Å²) in [5.41, 5.74) is 14.0. The molecule has 3 heteroatoms. The van der Waals surface area contributed by atoms with Crippen LogP contribution in [0.2, 0.25) is 0 Å². The van der Waals surface area contributed by atoms with Gasteiger partial charge in [0, 0.05) is 40.9 Å². The van der Waals surface area contributed by atoms with E-state index in [0.717, 1.165) is 57.7 Å². The highest BCUT2D eigenvalue weighted by Crippen LogP contribution is 2.40. The molecule has 0 bridgehead atoms. The summed E-state index contributed by atoms with van der Waals surface area (Å²) in [7, 11) is 0. The average molecular weight is 442 g/mol. The van der Waals surface area contributed by atoms with E-state index in [0.29, 0.717) is 0 Å². The summed E-state index contributed by atoms with van der Waals surface area (Å²) in [6, 6.07) is 11.4. The van der Waals surface area contributed by atoms with E-state index >= 15 is 0 Å². The van der Waals surface area contributed by atoms with Crippen molar-refractivity contribution in [1.29, 1.82) is 0 Å². The van der Waals surface area contributed by atoms with Gasteiger partial charge in [-0.25, -0.2) is 0 Å². The number of benzene rings is 2. The van der Waals surface area contributed by atoms with E-state index in [2.05, 4.69) is 72.8 Å². The van der Waals surface area contributed by atoms with Crippen LogP contribution in [0.3, 0.4) is 0 Å². The Bertz CT molecular complexity index is 1240. The van der Waals surface area contributed by atoms with Gasteiger partial charge in [-0.2, -0.15) is 0 Å². The van der Waals surface area contributed by atoms with Crippen LogP contribution in [-0.4, -0.2) is 37.7 Å². The van der Waals surface area contributed by atoms with Crippen LogP contribution in [0.1, 0.15) is 46.7 Å². The van der Waals surface area contributed by atoms with Crippen molar-refractivity contribution in [3.05, 3.63) is 87.5 Å². The summed E-state index contributed by atoms with van der Waals surface area (Å²) >= 11 is 1.86. The van der Waals surface area contributed by atoms with Crippen LogP contribution in [0.15, 0.2) is 54.1 Å². The van der Waals surface area contributed by atoms with Gasteiger partial charge in [-0.05, 0) is 77.9 Å². The average Bonchev–Trinajstić information content (AvgIpc) is 3.30. The van der Waals surface area contributed by atoms with Crippen molar-refractivity contribution < 1.29 is 4.74 Å². The summed E-state index contributed by atoms with van der Waals surface area (Å²) in [5, 5.41) is 3.58. The lowest BCUT2D eigenvalue weighted by molar-refractivity contribution is 0.0385. The first-order valence-corrected chi connectivity index (χ1v) is 12.5. The maximum absolute atomic E-state index is 5.51. The van der Waals surface area contributed by atoms with Crippen molar-refractivity contribution in [2.45, 2.75) is 33.1 Å². The first-order chi connectivity index (χ1) is 15.7. The molecule has 5 rings (SSSR count). The van der Waals surface area contributed by atoms with E-state index in [-0.39, 0.29) is 0 Å². The monoisotopic (exact) mass is 441 g/mol. The molecule has 0 N–H and O–H groups in total. The van der Waals surface area contributed by atoms with Gasteiger partial charge in [-0.3, -0.25) is 4.90 Å². The molecule has 0 amide bonds. The zero-order valence-corrected chi connectivity index (χ0v) is 20.0. The summed E-state index contributed by atoms with van der Waals surface area (Å²) in [4.78, 5) is 2.52. The first kappa shape index (κ1) is 21.4. The Labute approximate surface area is 195 Å². The molecule has 164 valence electrons. The van der Waals surface area contributed by atoms with Crippen molar-refractivity contribution in [3.63, 3.8) is 0 Å². The summed E-state index contributed by atoms with van der Waals surface area (Å²) in [5.74, 6) is 0. The van der Waals surface area contributed by atoms with Crippen molar-refractivity contribution in [2.24, 2.45) is 0 Å². The van der Waals surface area contributed by atoms with E-state index < -0.39 is 0 Å². The molecule has 1 saturated heterocycles. The molecule has 1 aliphatic heterocycles. The lowest BCUT2D eigenvalue weighted by Gasteiger charge is -2.26. The number of hydrogen-bond acceptors (Lipinski definition) is 3. The highest BCUT2D eigenvalue weighted by molar-refractivity contribution is 7.17. The molecule has 3 aromatic rings. The van der Waals surface area contributed by atoms with E-state index in [1.807, 2.05) is 11.3 Å². The molecule has 32 heavy (non-hydrogen) atoms. The Morgan fingerprint density at radius 2 is 2.03 bits per heavy atom. The van der Waals surface area contributed by atoms with E-state index in [1.165, 1.54) is 49.0 Å². The van der Waals surface area contributed by atoms with E-state index in [1.54, 1.807) is 0 Å². The summed E-state index contributed by atoms with van der Waals surface area (Å²) in [6.45, 7) is 13.5. The Morgan fingerprint density at radius 1 is 1.19 bits per heavy atom. The maximum Gasteiger partial charge on any atom is 0.0594 e. The molecule has 0 radical (unpaired) electrons. The second-order valence-corrected chi connectivity index (χ2v) is 9.83. The van der Waals surface area contributed by atoms with Gasteiger partial charge in [0.25, 0.3) is 0 Å². The zero-order chi connectivity index (χ0) is 22.1. The van der Waals surface area contributed by atoms with Gasteiger partial charge in [-0.1, -0.05) is 36.9 Å². The van der Waals surface area contributed by atoms with Gasteiger partial charge in [0.2, 0.25) is 0 Å². The van der Waals surface area contributed by atoms with Crippen LogP contribution in [0, 0.1) is 6.92 Å². The second-order valence-electron chi connectivity index (χ2n) is 8.91. The lowest BCUT2D eigenvalue weighted by atomic mass is 9.82. The minimum Gasteiger partial charge on any atom is -0.379 e. The van der Waals surface area contributed by atoms with Crippen molar-refractivity contribution in [1.82, 2.24) is 4.90 Å². The molecule has 0 unspecified atom stereocenters. The topological polar surface area (TPSA) is 12.5 Å². The van der Waals surface area contributed by atoms with Gasteiger partial charge >= 0.3 is 0 Å². The fourth-order valence-corrected chi connectivity index (χ4v) is 6.28. The van der Waals surface area contributed by atoms with E-state index in [4.69, 9.17) is 4.74 Å². The Morgan fingerprint density at radius 3 is 2.84 bits per heavy atom. The largest absolute Gasteiger partial charge is 0.379 e. The van der Waals surface area contributed by atoms with Crippen LogP contribution in [0.25, 0.3) is 21.2 Å². The van der Waals surface area contributed by atoms with Gasteiger partial charge in [0.15, 0.2) is 0 Å². The fourth-order valence-electron chi connectivity index (χ4n) is 5.33. The summed E-state index contributed by atoms with van der Waals surface area (Å²) < 4.78 is 6.92. The number of ether oxygens (including phenoxy) is 1. The van der Waals surface area contributed by atoms with Gasteiger partial charge in [-0.15, -0.1) is 17.1 Å². The number of morpholine rings is 1. The van der Waals surface area contributed by atoms with Gasteiger partial charge in [0.05, 0.1) is 13.2 Å². The van der Waals surface area contributed by atoms with Gasteiger partial charge in [0.1, 0.15) is 0 Å². The van der Waals surface area contributed by atoms with Crippen LogP contribution in [0.4, 0.5) is 0 Å². The number of thiophene rings is 1. The van der Waals surface area contributed by atoms with Crippen LogP contribution >= 0.6 is 11.3 Å². The smallest absolute Gasteiger partial charge is 0.0594 e. The molecule has 1 aromatic heterocycles. The molecule has 0 spiro atoms. The Hall–Kier alpha value is -2.42. The van der Waals surface area contributed by atoms with Gasteiger partial charge < -0.3 is 4.74 Å². The first-order valence-electron chi connectivity index (χ1n) is 11.7. The number of aryl methyl sites for hydroxylation is 2. The number of nitrogens with zero attached hydrogens (tertiary/aromatic N) is 1. The highest BCUT2D eigenvalue weighted by Gasteiger charge is 2.21. The standard InChI is InChI=1S/C29H31NOS/c1-4-24(25-10-6-9-22-8-5-7-20(2)27(22)25)28-21(3)19-23(29-26(28)12-18-32-29)11-13-30-14-16-31-17-15-30/h6-7,9-10,12,18-19H,1,5,8,11,13-17H2,2-3H3. The minimum absolute atomic E-state index is 0.856. The number of hydrogen-bond donors (Lipinski definition) is 0. The zero-order valence-electron chi connectivity index (χ0n) is 19.2. The van der Waals surface area contributed by atoms with Crippen LogP contribution in [0.5, 0.6) is 0 Å². The molecular formula is C29H31NOS. The SMILES string of the molecule is C=C=C(c1cccc2c1C(C)=CCC2)c1c(C)cc(CCN2CCOCC2)c2sccc12. The molecule has 0 saturated carbocycles.